The summed E-state index contributed by atoms with van der Waals surface area (Å²) in [5.41, 5.74) is 1.83. The van der Waals surface area contributed by atoms with Gasteiger partial charge in [-0.2, -0.15) is 0 Å². The van der Waals surface area contributed by atoms with E-state index in [1.165, 1.54) is 0 Å². The van der Waals surface area contributed by atoms with Crippen LogP contribution in [0.1, 0.15) is 30.6 Å². The molecule has 0 spiro atoms. The predicted octanol–water partition coefficient (Wildman–Crippen LogP) is 2.53. The Morgan fingerprint density at radius 3 is 2.43 bits per heavy atom. The smallest absolute Gasteiger partial charge is 0.253 e. The molecule has 0 radical (unpaired) electrons. The number of piperidine rings is 1. The Morgan fingerprint density at radius 1 is 1.24 bits per heavy atom. The molecule has 116 valence electrons. The zero-order valence-electron chi connectivity index (χ0n) is 13.8. The van der Waals surface area contributed by atoms with Crippen LogP contribution in [0.4, 0.5) is 5.69 Å². The van der Waals surface area contributed by atoms with Gasteiger partial charge in [-0.1, -0.05) is 6.92 Å². The standard InChI is InChI=1S/C17H27N3O/c1-12-11-20(5)13(2)10-16(12)18-15-8-6-14(7-9-15)17(21)19(3)4/h6-9,12-13,16,18H,10-11H2,1-5H3. The van der Waals surface area contributed by atoms with Crippen LogP contribution >= 0.6 is 0 Å². The van der Waals surface area contributed by atoms with Crippen molar-refractivity contribution in [3.63, 3.8) is 0 Å². The number of amides is 1. The summed E-state index contributed by atoms with van der Waals surface area (Å²) in [5.74, 6) is 0.664. The fraction of sp³-hybridized carbons (Fsp3) is 0.588. The number of carbonyl (C=O) groups is 1. The van der Waals surface area contributed by atoms with Crippen LogP contribution in [-0.4, -0.2) is 55.5 Å². The average Bonchev–Trinajstić information content (AvgIpc) is 2.44. The van der Waals surface area contributed by atoms with Crippen molar-refractivity contribution < 1.29 is 4.79 Å². The Kier molecular flexibility index (Phi) is 4.88. The van der Waals surface area contributed by atoms with E-state index < -0.39 is 0 Å². The first-order valence-electron chi connectivity index (χ1n) is 7.67. The number of rotatable bonds is 3. The molecule has 3 atom stereocenters. The lowest BCUT2D eigenvalue weighted by atomic mass is 9.89. The van der Waals surface area contributed by atoms with Crippen LogP contribution in [0.5, 0.6) is 0 Å². The van der Waals surface area contributed by atoms with E-state index >= 15 is 0 Å². The van der Waals surface area contributed by atoms with Gasteiger partial charge in [0.1, 0.15) is 0 Å². The van der Waals surface area contributed by atoms with Gasteiger partial charge in [-0.25, -0.2) is 0 Å². The van der Waals surface area contributed by atoms with E-state index in [9.17, 15) is 4.79 Å². The lowest BCUT2D eigenvalue weighted by Gasteiger charge is -2.40. The summed E-state index contributed by atoms with van der Waals surface area (Å²) >= 11 is 0. The van der Waals surface area contributed by atoms with Crippen LogP contribution in [0.25, 0.3) is 0 Å². The second-order valence-electron chi connectivity index (χ2n) is 6.53. The van der Waals surface area contributed by atoms with Gasteiger partial charge in [0, 0.05) is 44.0 Å². The second kappa shape index (κ2) is 6.48. The number of hydrogen-bond acceptors (Lipinski definition) is 3. The molecule has 1 fully saturated rings. The maximum absolute atomic E-state index is 11.9. The van der Waals surface area contributed by atoms with Crippen molar-refractivity contribution in [2.24, 2.45) is 5.92 Å². The minimum absolute atomic E-state index is 0.0443. The van der Waals surface area contributed by atoms with Gasteiger partial charge in [0.05, 0.1) is 0 Å². The molecule has 0 aliphatic carbocycles. The van der Waals surface area contributed by atoms with Crippen molar-refractivity contribution in [2.45, 2.75) is 32.4 Å². The van der Waals surface area contributed by atoms with Crippen molar-refractivity contribution in [1.82, 2.24) is 9.80 Å². The summed E-state index contributed by atoms with van der Waals surface area (Å²) in [5, 5.41) is 3.63. The van der Waals surface area contributed by atoms with Crippen LogP contribution in [0.2, 0.25) is 0 Å². The fourth-order valence-corrected chi connectivity index (χ4v) is 2.92. The average molecular weight is 289 g/mol. The number of nitrogens with one attached hydrogen (secondary N) is 1. The molecule has 0 bridgehead atoms. The summed E-state index contributed by atoms with van der Waals surface area (Å²) < 4.78 is 0. The highest BCUT2D eigenvalue weighted by Crippen LogP contribution is 2.24. The lowest BCUT2D eigenvalue weighted by Crippen LogP contribution is -2.48. The molecule has 1 aliphatic rings. The number of benzene rings is 1. The van der Waals surface area contributed by atoms with Crippen LogP contribution < -0.4 is 5.32 Å². The van der Waals surface area contributed by atoms with E-state index in [-0.39, 0.29) is 5.91 Å². The van der Waals surface area contributed by atoms with Crippen molar-refractivity contribution >= 4 is 11.6 Å². The Bertz CT molecular complexity index is 483. The van der Waals surface area contributed by atoms with Crippen molar-refractivity contribution in [1.29, 1.82) is 0 Å². The highest BCUT2D eigenvalue weighted by Gasteiger charge is 2.28. The molecule has 3 unspecified atom stereocenters. The second-order valence-corrected chi connectivity index (χ2v) is 6.53. The molecular formula is C17H27N3O. The van der Waals surface area contributed by atoms with Gasteiger partial charge in [-0.05, 0) is 50.6 Å². The summed E-state index contributed by atoms with van der Waals surface area (Å²) in [4.78, 5) is 15.9. The first-order chi connectivity index (χ1) is 9.88. The molecule has 1 aromatic carbocycles. The van der Waals surface area contributed by atoms with Crippen LogP contribution in [-0.2, 0) is 0 Å². The Morgan fingerprint density at radius 2 is 1.86 bits per heavy atom. The van der Waals surface area contributed by atoms with E-state index in [2.05, 4.69) is 31.1 Å². The van der Waals surface area contributed by atoms with Crippen LogP contribution in [0.3, 0.4) is 0 Å². The monoisotopic (exact) mass is 289 g/mol. The van der Waals surface area contributed by atoms with Gasteiger partial charge in [0.2, 0.25) is 0 Å². The predicted molar refractivity (Wildman–Crippen MR) is 87.7 cm³/mol. The quantitative estimate of drug-likeness (QED) is 0.929. The summed E-state index contributed by atoms with van der Waals surface area (Å²) in [6, 6.07) is 8.90. The summed E-state index contributed by atoms with van der Waals surface area (Å²) in [6.45, 7) is 5.69. The van der Waals surface area contributed by atoms with E-state index in [0.717, 1.165) is 24.2 Å². The molecule has 1 N–H and O–H groups in total. The first-order valence-corrected chi connectivity index (χ1v) is 7.67. The van der Waals surface area contributed by atoms with Crippen LogP contribution in [0, 0.1) is 5.92 Å². The van der Waals surface area contributed by atoms with Gasteiger partial charge in [0.15, 0.2) is 0 Å². The fourth-order valence-electron chi connectivity index (χ4n) is 2.92. The maximum atomic E-state index is 11.9. The minimum atomic E-state index is 0.0443. The normalized spacial score (nSPS) is 26.4. The summed E-state index contributed by atoms with van der Waals surface area (Å²) in [6.07, 6.45) is 1.15. The zero-order valence-corrected chi connectivity index (χ0v) is 13.8. The van der Waals surface area contributed by atoms with Gasteiger partial charge >= 0.3 is 0 Å². The Balaban J connectivity index is 2.02. The Labute approximate surface area is 128 Å². The SMILES string of the molecule is CC1CN(C)C(C)CC1Nc1ccc(C(=O)N(C)C)cc1. The molecule has 1 heterocycles. The molecule has 1 aromatic rings. The van der Waals surface area contributed by atoms with Gasteiger partial charge < -0.3 is 15.1 Å². The highest BCUT2D eigenvalue weighted by atomic mass is 16.2. The molecule has 0 saturated carbocycles. The van der Waals surface area contributed by atoms with E-state index in [0.29, 0.717) is 18.0 Å². The molecule has 21 heavy (non-hydrogen) atoms. The van der Waals surface area contributed by atoms with E-state index in [1.807, 2.05) is 24.3 Å². The molecule has 4 heteroatoms. The molecule has 1 aliphatic heterocycles. The number of likely N-dealkylation sites (tertiary alicyclic amines) is 1. The summed E-state index contributed by atoms with van der Waals surface area (Å²) in [7, 11) is 5.74. The molecule has 1 saturated heterocycles. The highest BCUT2D eigenvalue weighted by molar-refractivity contribution is 5.94. The van der Waals surface area contributed by atoms with Crippen LogP contribution in [0.15, 0.2) is 24.3 Å². The third-order valence-corrected chi connectivity index (χ3v) is 4.50. The number of anilines is 1. The molecule has 1 amide bonds. The van der Waals surface area contributed by atoms with Gasteiger partial charge in [0.25, 0.3) is 5.91 Å². The third kappa shape index (κ3) is 3.76. The number of hydrogen-bond donors (Lipinski definition) is 1. The minimum Gasteiger partial charge on any atom is -0.382 e. The van der Waals surface area contributed by atoms with Gasteiger partial charge in [-0.15, -0.1) is 0 Å². The lowest BCUT2D eigenvalue weighted by molar-refractivity contribution is 0.0827. The largest absolute Gasteiger partial charge is 0.382 e. The van der Waals surface area contributed by atoms with E-state index in [4.69, 9.17) is 0 Å². The first kappa shape index (κ1) is 15.8. The zero-order chi connectivity index (χ0) is 15.6. The van der Waals surface area contributed by atoms with Crippen molar-refractivity contribution in [2.75, 3.05) is 33.0 Å². The van der Waals surface area contributed by atoms with E-state index in [1.54, 1.807) is 19.0 Å². The number of carbonyl (C=O) groups excluding carboxylic acids is 1. The molecule has 4 nitrogen and oxygen atoms in total. The molecule has 0 aromatic heterocycles. The maximum Gasteiger partial charge on any atom is 0.253 e. The third-order valence-electron chi connectivity index (χ3n) is 4.50. The van der Waals surface area contributed by atoms with Crippen molar-refractivity contribution in [3.05, 3.63) is 29.8 Å². The molecule has 2 rings (SSSR count). The number of nitrogens with zero attached hydrogens (tertiary/aromatic N) is 2. The Hall–Kier alpha value is -1.55. The van der Waals surface area contributed by atoms with Crippen molar-refractivity contribution in [3.8, 4) is 0 Å². The molecular weight excluding hydrogens is 262 g/mol. The van der Waals surface area contributed by atoms with Gasteiger partial charge in [-0.3, -0.25) is 4.79 Å². The topological polar surface area (TPSA) is 35.6 Å².